The van der Waals surface area contributed by atoms with Crippen LogP contribution in [0.1, 0.15) is 36.1 Å². The van der Waals surface area contributed by atoms with E-state index in [1.54, 1.807) is 19.4 Å². The lowest BCUT2D eigenvalue weighted by atomic mass is 9.96. The first-order valence-corrected chi connectivity index (χ1v) is 11.7. The Labute approximate surface area is 206 Å². The molecule has 4 aromatic rings. The van der Waals surface area contributed by atoms with Crippen LogP contribution in [0.4, 0.5) is 0 Å². The second-order valence-corrected chi connectivity index (χ2v) is 8.60. The first kappa shape index (κ1) is 24.1. The van der Waals surface area contributed by atoms with Crippen LogP contribution in [0.3, 0.4) is 0 Å². The lowest BCUT2D eigenvalue weighted by Crippen LogP contribution is -2.20. The SMILES string of the molecule is CCOc1c(/C(C)=C/C(=O)NCc2ccc(OC)cc2)cc2c(-c3ccc(C)cc3)coc2c1C. The number of allylic oxidation sites excluding steroid dienone is 1. The third-order valence-corrected chi connectivity index (χ3v) is 6.09. The first-order chi connectivity index (χ1) is 16.9. The largest absolute Gasteiger partial charge is 0.497 e. The number of carbonyl (C=O) groups is 1. The van der Waals surface area contributed by atoms with Gasteiger partial charge < -0.3 is 19.2 Å². The van der Waals surface area contributed by atoms with Crippen molar-refractivity contribution in [1.82, 2.24) is 5.32 Å². The lowest BCUT2D eigenvalue weighted by molar-refractivity contribution is -0.116. The zero-order valence-electron chi connectivity index (χ0n) is 20.9. The summed E-state index contributed by atoms with van der Waals surface area (Å²) in [4.78, 5) is 12.7. The number of benzene rings is 3. The maximum atomic E-state index is 12.7. The van der Waals surface area contributed by atoms with Crippen LogP contribution in [-0.2, 0) is 11.3 Å². The van der Waals surface area contributed by atoms with Gasteiger partial charge >= 0.3 is 0 Å². The molecule has 3 aromatic carbocycles. The Morgan fingerprint density at radius 1 is 1.06 bits per heavy atom. The van der Waals surface area contributed by atoms with Crippen molar-refractivity contribution in [3.8, 4) is 22.6 Å². The van der Waals surface area contributed by atoms with E-state index < -0.39 is 0 Å². The summed E-state index contributed by atoms with van der Waals surface area (Å²) in [5.74, 6) is 1.36. The molecule has 5 nitrogen and oxygen atoms in total. The molecular weight excluding hydrogens is 438 g/mol. The van der Waals surface area contributed by atoms with E-state index in [1.807, 2.05) is 45.0 Å². The summed E-state index contributed by atoms with van der Waals surface area (Å²) in [5, 5.41) is 3.96. The number of fused-ring (bicyclic) bond motifs is 1. The molecule has 0 saturated heterocycles. The minimum Gasteiger partial charge on any atom is -0.497 e. The molecular formula is C30H31NO4. The number of ether oxygens (including phenoxy) is 2. The minimum absolute atomic E-state index is 0.163. The molecule has 4 rings (SSSR count). The molecule has 0 saturated carbocycles. The molecule has 1 N–H and O–H groups in total. The van der Waals surface area contributed by atoms with Gasteiger partial charge in [-0.15, -0.1) is 0 Å². The van der Waals surface area contributed by atoms with Gasteiger partial charge in [0.05, 0.1) is 20.0 Å². The van der Waals surface area contributed by atoms with Gasteiger partial charge in [0.15, 0.2) is 0 Å². The number of carbonyl (C=O) groups excluding carboxylic acids is 1. The van der Waals surface area contributed by atoms with Gasteiger partial charge in [0.1, 0.15) is 17.1 Å². The van der Waals surface area contributed by atoms with Gasteiger partial charge in [-0.05, 0) is 62.6 Å². The second-order valence-electron chi connectivity index (χ2n) is 8.60. The fourth-order valence-corrected chi connectivity index (χ4v) is 4.15. The Morgan fingerprint density at radius 2 is 1.77 bits per heavy atom. The molecule has 0 spiro atoms. The van der Waals surface area contributed by atoms with Crippen LogP contribution in [0, 0.1) is 13.8 Å². The van der Waals surface area contributed by atoms with E-state index in [2.05, 4.69) is 42.6 Å². The van der Waals surface area contributed by atoms with E-state index in [0.717, 1.165) is 55.9 Å². The first-order valence-electron chi connectivity index (χ1n) is 11.7. The van der Waals surface area contributed by atoms with E-state index in [4.69, 9.17) is 13.9 Å². The molecule has 0 aliphatic carbocycles. The van der Waals surface area contributed by atoms with Gasteiger partial charge in [-0.25, -0.2) is 0 Å². The standard InChI is InChI=1S/C30H31NO4/c1-6-34-29-21(4)30-26(27(18-35-30)23-11-7-19(2)8-12-23)16-25(29)20(3)15-28(32)31-17-22-9-13-24(33-5)14-10-22/h7-16,18H,6,17H2,1-5H3,(H,31,32)/b20-15+. The predicted molar refractivity (Wildman–Crippen MR) is 141 cm³/mol. The Hall–Kier alpha value is -3.99. The molecule has 180 valence electrons. The lowest BCUT2D eigenvalue weighted by Gasteiger charge is -2.15. The van der Waals surface area contributed by atoms with Crippen LogP contribution >= 0.6 is 0 Å². The zero-order valence-corrected chi connectivity index (χ0v) is 20.9. The van der Waals surface area contributed by atoms with E-state index in [-0.39, 0.29) is 5.91 Å². The Balaban J connectivity index is 1.66. The van der Waals surface area contributed by atoms with Gasteiger partial charge in [-0.1, -0.05) is 42.0 Å². The van der Waals surface area contributed by atoms with Gasteiger partial charge in [0, 0.05) is 34.7 Å². The summed E-state index contributed by atoms with van der Waals surface area (Å²) >= 11 is 0. The molecule has 0 unspecified atom stereocenters. The monoisotopic (exact) mass is 469 g/mol. The van der Waals surface area contributed by atoms with Crippen molar-refractivity contribution in [2.24, 2.45) is 0 Å². The summed E-state index contributed by atoms with van der Waals surface area (Å²) < 4.78 is 17.2. The van der Waals surface area contributed by atoms with Crippen LogP contribution in [0.5, 0.6) is 11.5 Å². The average molecular weight is 470 g/mol. The van der Waals surface area contributed by atoms with Crippen molar-refractivity contribution in [1.29, 1.82) is 0 Å². The number of hydrogen-bond donors (Lipinski definition) is 1. The third kappa shape index (κ3) is 5.24. The summed E-state index contributed by atoms with van der Waals surface area (Å²) in [6.07, 6.45) is 3.42. The molecule has 0 aliphatic rings. The minimum atomic E-state index is -0.163. The summed E-state index contributed by atoms with van der Waals surface area (Å²) in [6, 6.07) is 18.1. The molecule has 1 heterocycles. The average Bonchev–Trinajstić information content (AvgIpc) is 3.29. The second kappa shape index (κ2) is 10.5. The highest BCUT2D eigenvalue weighted by Gasteiger charge is 2.19. The molecule has 0 atom stereocenters. The highest BCUT2D eigenvalue weighted by Crippen LogP contribution is 2.40. The quantitative estimate of drug-likeness (QED) is 0.287. The molecule has 0 bridgehead atoms. The van der Waals surface area contributed by atoms with Gasteiger partial charge in [0.2, 0.25) is 5.91 Å². The highest BCUT2D eigenvalue weighted by molar-refractivity contribution is 6.01. The molecule has 5 heteroatoms. The van der Waals surface area contributed by atoms with Crippen LogP contribution in [-0.4, -0.2) is 19.6 Å². The van der Waals surface area contributed by atoms with Gasteiger partial charge in [-0.3, -0.25) is 4.79 Å². The van der Waals surface area contributed by atoms with Crippen molar-refractivity contribution in [2.75, 3.05) is 13.7 Å². The van der Waals surface area contributed by atoms with Crippen LogP contribution in [0.25, 0.3) is 27.7 Å². The van der Waals surface area contributed by atoms with Crippen LogP contribution < -0.4 is 14.8 Å². The van der Waals surface area contributed by atoms with E-state index in [9.17, 15) is 4.79 Å². The number of furan rings is 1. The van der Waals surface area contributed by atoms with Crippen molar-refractivity contribution in [3.05, 3.63) is 89.2 Å². The topological polar surface area (TPSA) is 60.7 Å². The third-order valence-electron chi connectivity index (χ3n) is 6.09. The summed E-state index contributed by atoms with van der Waals surface area (Å²) in [6.45, 7) is 8.90. The predicted octanol–water partition coefficient (Wildman–Crippen LogP) is 6.84. The summed E-state index contributed by atoms with van der Waals surface area (Å²) in [7, 11) is 1.63. The fourth-order valence-electron chi connectivity index (χ4n) is 4.15. The number of nitrogens with one attached hydrogen (secondary N) is 1. The normalized spacial score (nSPS) is 11.5. The molecule has 0 radical (unpaired) electrons. The molecule has 1 amide bonds. The zero-order chi connectivity index (χ0) is 24.9. The Kier molecular flexibility index (Phi) is 7.25. The molecule has 35 heavy (non-hydrogen) atoms. The van der Waals surface area contributed by atoms with E-state index in [1.165, 1.54) is 5.56 Å². The van der Waals surface area contributed by atoms with Crippen molar-refractivity contribution in [3.63, 3.8) is 0 Å². The van der Waals surface area contributed by atoms with Crippen molar-refractivity contribution < 1.29 is 18.7 Å². The van der Waals surface area contributed by atoms with Gasteiger partial charge in [-0.2, -0.15) is 0 Å². The Morgan fingerprint density at radius 3 is 2.43 bits per heavy atom. The maximum Gasteiger partial charge on any atom is 0.244 e. The van der Waals surface area contributed by atoms with E-state index in [0.29, 0.717) is 13.2 Å². The molecule has 0 fully saturated rings. The van der Waals surface area contributed by atoms with E-state index >= 15 is 0 Å². The fraction of sp³-hybridized carbons (Fsp3) is 0.233. The summed E-state index contributed by atoms with van der Waals surface area (Å²) in [5.41, 5.74) is 7.73. The molecule has 0 aliphatic heterocycles. The highest BCUT2D eigenvalue weighted by atomic mass is 16.5. The Bertz CT molecular complexity index is 1360. The number of aryl methyl sites for hydroxylation is 2. The smallest absolute Gasteiger partial charge is 0.244 e. The van der Waals surface area contributed by atoms with Crippen LogP contribution in [0.2, 0.25) is 0 Å². The van der Waals surface area contributed by atoms with Crippen LogP contribution in [0.15, 0.2) is 71.4 Å². The number of amides is 1. The molecule has 1 aromatic heterocycles. The van der Waals surface area contributed by atoms with Crippen molar-refractivity contribution >= 4 is 22.4 Å². The number of hydrogen-bond acceptors (Lipinski definition) is 4. The number of methoxy groups -OCH3 is 1. The van der Waals surface area contributed by atoms with Crippen molar-refractivity contribution in [2.45, 2.75) is 34.2 Å². The van der Waals surface area contributed by atoms with Gasteiger partial charge in [0.25, 0.3) is 0 Å². The maximum absolute atomic E-state index is 12.7. The number of rotatable bonds is 8.